The summed E-state index contributed by atoms with van der Waals surface area (Å²) in [4.78, 5) is 20.8. The average molecular weight is 309 g/mol. The van der Waals surface area contributed by atoms with Crippen LogP contribution in [0.5, 0.6) is 0 Å². The first-order chi connectivity index (χ1) is 10.7. The Bertz CT molecular complexity index is 756. The molecular formula is C17H15N3OS. The molecule has 5 heteroatoms. The molecule has 0 aliphatic rings. The molecule has 0 spiro atoms. The zero-order valence-electron chi connectivity index (χ0n) is 12.1. The van der Waals surface area contributed by atoms with E-state index in [2.05, 4.69) is 15.3 Å². The van der Waals surface area contributed by atoms with Crippen LogP contribution < -0.4 is 5.32 Å². The largest absolute Gasteiger partial charge is 0.344 e. The summed E-state index contributed by atoms with van der Waals surface area (Å²) in [6.07, 6.45) is 3.46. The van der Waals surface area contributed by atoms with Crippen molar-refractivity contribution in [1.29, 1.82) is 0 Å². The normalized spacial score (nSPS) is 11.9. The summed E-state index contributed by atoms with van der Waals surface area (Å²) in [7, 11) is 0. The molecule has 1 aromatic carbocycles. The monoisotopic (exact) mass is 309 g/mol. The maximum Gasteiger partial charge on any atom is 0.271 e. The van der Waals surface area contributed by atoms with Gasteiger partial charge in [-0.25, -0.2) is 4.98 Å². The Labute approximate surface area is 132 Å². The Morgan fingerprint density at radius 3 is 2.73 bits per heavy atom. The number of hydrogen-bond donors (Lipinski definition) is 1. The number of amides is 1. The van der Waals surface area contributed by atoms with Gasteiger partial charge in [0, 0.05) is 23.3 Å². The number of rotatable bonds is 4. The molecule has 0 saturated heterocycles. The Hall–Kier alpha value is -2.53. The minimum absolute atomic E-state index is 0.0581. The first-order valence-electron chi connectivity index (χ1n) is 6.96. The zero-order valence-corrected chi connectivity index (χ0v) is 12.9. The van der Waals surface area contributed by atoms with E-state index >= 15 is 0 Å². The molecule has 0 unspecified atom stereocenters. The molecule has 0 fully saturated rings. The van der Waals surface area contributed by atoms with E-state index in [1.807, 2.05) is 49.4 Å². The maximum atomic E-state index is 12.3. The van der Waals surface area contributed by atoms with Crippen molar-refractivity contribution in [2.45, 2.75) is 13.0 Å². The first kappa shape index (κ1) is 14.4. The van der Waals surface area contributed by atoms with Gasteiger partial charge in [-0.1, -0.05) is 30.3 Å². The molecule has 0 aliphatic carbocycles. The van der Waals surface area contributed by atoms with Gasteiger partial charge in [0.2, 0.25) is 0 Å². The number of nitrogens with zero attached hydrogens (tertiary/aromatic N) is 2. The van der Waals surface area contributed by atoms with E-state index in [1.54, 1.807) is 17.8 Å². The summed E-state index contributed by atoms with van der Waals surface area (Å²) < 4.78 is 0. The van der Waals surface area contributed by atoms with Crippen LogP contribution in [-0.4, -0.2) is 15.9 Å². The van der Waals surface area contributed by atoms with Gasteiger partial charge in [0.25, 0.3) is 5.91 Å². The van der Waals surface area contributed by atoms with E-state index in [0.29, 0.717) is 5.69 Å². The standard InChI is InChI=1S/C17H15N3OS/c1-12(13-6-3-2-4-7-13)19-16(21)15-11-22-17(20-15)14-8-5-9-18-10-14/h2-12H,1H3,(H,19,21)/t12-/m1/s1. The highest BCUT2D eigenvalue weighted by atomic mass is 32.1. The molecule has 110 valence electrons. The van der Waals surface area contributed by atoms with E-state index < -0.39 is 0 Å². The Balaban J connectivity index is 1.72. The van der Waals surface area contributed by atoms with E-state index in [9.17, 15) is 4.79 Å². The van der Waals surface area contributed by atoms with Crippen molar-refractivity contribution in [2.24, 2.45) is 0 Å². The van der Waals surface area contributed by atoms with Crippen molar-refractivity contribution in [2.75, 3.05) is 0 Å². The van der Waals surface area contributed by atoms with Crippen LogP contribution in [0.15, 0.2) is 60.2 Å². The van der Waals surface area contributed by atoms with Gasteiger partial charge in [-0.2, -0.15) is 0 Å². The van der Waals surface area contributed by atoms with Gasteiger partial charge in [0.15, 0.2) is 0 Å². The molecule has 2 heterocycles. The van der Waals surface area contributed by atoms with Crippen LogP contribution in [0.2, 0.25) is 0 Å². The smallest absolute Gasteiger partial charge is 0.271 e. The third kappa shape index (κ3) is 3.20. The fraction of sp³-hybridized carbons (Fsp3) is 0.118. The predicted octanol–water partition coefficient (Wildman–Crippen LogP) is 3.70. The number of carbonyl (C=O) groups is 1. The van der Waals surface area contributed by atoms with E-state index in [1.165, 1.54) is 11.3 Å². The lowest BCUT2D eigenvalue weighted by Crippen LogP contribution is -2.26. The molecule has 0 bridgehead atoms. The number of thiazole rings is 1. The van der Waals surface area contributed by atoms with Crippen molar-refractivity contribution < 1.29 is 4.79 Å². The fourth-order valence-electron chi connectivity index (χ4n) is 2.10. The second kappa shape index (κ2) is 6.49. The number of carbonyl (C=O) groups excluding carboxylic acids is 1. The fourth-order valence-corrected chi connectivity index (χ4v) is 2.89. The van der Waals surface area contributed by atoms with Crippen molar-refractivity contribution in [3.63, 3.8) is 0 Å². The van der Waals surface area contributed by atoms with Gasteiger partial charge >= 0.3 is 0 Å². The van der Waals surface area contributed by atoms with Crippen LogP contribution in [0.4, 0.5) is 0 Å². The van der Waals surface area contributed by atoms with Gasteiger partial charge in [-0.3, -0.25) is 9.78 Å². The molecule has 0 radical (unpaired) electrons. The molecule has 1 N–H and O–H groups in total. The van der Waals surface area contributed by atoms with E-state index in [4.69, 9.17) is 0 Å². The number of benzene rings is 1. The molecule has 1 atom stereocenters. The molecule has 3 aromatic rings. The lowest BCUT2D eigenvalue weighted by Gasteiger charge is -2.13. The number of aromatic nitrogens is 2. The molecule has 3 rings (SSSR count). The second-order valence-corrected chi connectivity index (χ2v) is 5.74. The van der Waals surface area contributed by atoms with Gasteiger partial charge in [-0.05, 0) is 24.6 Å². The highest BCUT2D eigenvalue weighted by Gasteiger charge is 2.15. The summed E-state index contributed by atoms with van der Waals surface area (Å²) in [5.41, 5.74) is 2.42. The van der Waals surface area contributed by atoms with Crippen LogP contribution in [0.25, 0.3) is 10.6 Å². The molecule has 4 nitrogen and oxygen atoms in total. The topological polar surface area (TPSA) is 54.9 Å². The maximum absolute atomic E-state index is 12.3. The number of nitrogens with one attached hydrogen (secondary N) is 1. The van der Waals surface area contributed by atoms with Crippen molar-refractivity contribution in [3.8, 4) is 10.6 Å². The van der Waals surface area contributed by atoms with Gasteiger partial charge in [0.1, 0.15) is 10.7 Å². The Morgan fingerprint density at radius 1 is 1.18 bits per heavy atom. The van der Waals surface area contributed by atoms with Crippen LogP contribution in [0.3, 0.4) is 0 Å². The van der Waals surface area contributed by atoms with Gasteiger partial charge in [-0.15, -0.1) is 11.3 Å². The lowest BCUT2D eigenvalue weighted by atomic mass is 10.1. The van der Waals surface area contributed by atoms with Crippen LogP contribution in [-0.2, 0) is 0 Å². The SMILES string of the molecule is C[C@@H](NC(=O)c1csc(-c2cccnc2)n1)c1ccccc1. The summed E-state index contributed by atoms with van der Waals surface area (Å²) in [5, 5.41) is 5.54. The second-order valence-electron chi connectivity index (χ2n) is 4.89. The minimum atomic E-state index is -0.164. The van der Waals surface area contributed by atoms with Gasteiger partial charge < -0.3 is 5.32 Å². The van der Waals surface area contributed by atoms with E-state index in [0.717, 1.165) is 16.1 Å². The summed E-state index contributed by atoms with van der Waals surface area (Å²) in [5.74, 6) is -0.164. The molecule has 1 amide bonds. The summed E-state index contributed by atoms with van der Waals surface area (Å²) >= 11 is 1.44. The van der Waals surface area contributed by atoms with Crippen molar-refractivity contribution in [3.05, 3.63) is 71.5 Å². The van der Waals surface area contributed by atoms with Crippen molar-refractivity contribution >= 4 is 17.2 Å². The number of pyridine rings is 1. The molecule has 2 aromatic heterocycles. The van der Waals surface area contributed by atoms with E-state index in [-0.39, 0.29) is 11.9 Å². The first-order valence-corrected chi connectivity index (χ1v) is 7.84. The minimum Gasteiger partial charge on any atom is -0.344 e. The third-order valence-electron chi connectivity index (χ3n) is 3.29. The summed E-state index contributed by atoms with van der Waals surface area (Å²) in [6.45, 7) is 1.96. The Kier molecular flexibility index (Phi) is 4.25. The molecule has 0 aliphatic heterocycles. The quantitative estimate of drug-likeness (QED) is 0.799. The number of hydrogen-bond acceptors (Lipinski definition) is 4. The third-order valence-corrected chi connectivity index (χ3v) is 4.18. The van der Waals surface area contributed by atoms with Crippen LogP contribution in [0, 0.1) is 0 Å². The molecule has 22 heavy (non-hydrogen) atoms. The van der Waals surface area contributed by atoms with Crippen molar-refractivity contribution in [1.82, 2.24) is 15.3 Å². The Morgan fingerprint density at radius 2 is 2.00 bits per heavy atom. The average Bonchev–Trinajstić information content (AvgIpc) is 3.06. The highest BCUT2D eigenvalue weighted by Crippen LogP contribution is 2.23. The molecular weight excluding hydrogens is 294 g/mol. The van der Waals surface area contributed by atoms with Crippen LogP contribution in [0.1, 0.15) is 29.0 Å². The summed E-state index contributed by atoms with van der Waals surface area (Å²) in [6, 6.07) is 13.6. The lowest BCUT2D eigenvalue weighted by molar-refractivity contribution is 0.0935. The van der Waals surface area contributed by atoms with Gasteiger partial charge in [0.05, 0.1) is 6.04 Å². The highest BCUT2D eigenvalue weighted by molar-refractivity contribution is 7.13. The molecule has 0 saturated carbocycles. The predicted molar refractivity (Wildman–Crippen MR) is 87.7 cm³/mol. The van der Waals surface area contributed by atoms with Crippen LogP contribution >= 0.6 is 11.3 Å². The zero-order chi connectivity index (χ0) is 15.4.